The second kappa shape index (κ2) is 6.36. The maximum atomic E-state index is 11.3. The highest BCUT2D eigenvalue weighted by Crippen LogP contribution is 2.25. The molecule has 4 heteroatoms. The Morgan fingerprint density at radius 2 is 1.86 bits per heavy atom. The molecule has 112 valence electrons. The van der Waals surface area contributed by atoms with Crippen LogP contribution in [-0.4, -0.2) is 21.1 Å². The Hall–Kier alpha value is -2.07. The zero-order chi connectivity index (χ0) is 15.5. The molecule has 0 amide bonds. The van der Waals surface area contributed by atoms with Crippen molar-refractivity contribution in [1.29, 1.82) is 0 Å². The van der Waals surface area contributed by atoms with Crippen LogP contribution >= 0.6 is 11.8 Å². The summed E-state index contributed by atoms with van der Waals surface area (Å²) < 4.78 is 2.19. The van der Waals surface area contributed by atoms with Gasteiger partial charge in [0.25, 0.3) is 0 Å². The zero-order valence-corrected chi connectivity index (χ0v) is 13.6. The van der Waals surface area contributed by atoms with E-state index in [-0.39, 0.29) is 5.78 Å². The van der Waals surface area contributed by atoms with Crippen molar-refractivity contribution >= 4 is 28.6 Å². The molecule has 0 spiro atoms. The number of benzene rings is 2. The van der Waals surface area contributed by atoms with Crippen molar-refractivity contribution < 1.29 is 4.79 Å². The highest BCUT2D eigenvalue weighted by atomic mass is 32.2. The summed E-state index contributed by atoms with van der Waals surface area (Å²) in [6.45, 7) is 4.46. The fourth-order valence-electron chi connectivity index (χ4n) is 2.36. The third kappa shape index (κ3) is 3.22. The highest BCUT2D eigenvalue weighted by molar-refractivity contribution is 7.99. The zero-order valence-electron chi connectivity index (χ0n) is 12.7. The molecule has 0 aliphatic heterocycles. The van der Waals surface area contributed by atoms with Gasteiger partial charge in [0.1, 0.15) is 5.78 Å². The van der Waals surface area contributed by atoms with Crippen LogP contribution in [0.3, 0.4) is 0 Å². The fraction of sp³-hybridized carbons (Fsp3) is 0.222. The van der Waals surface area contributed by atoms with E-state index in [1.54, 1.807) is 6.92 Å². The molecule has 0 fully saturated rings. The van der Waals surface area contributed by atoms with Crippen molar-refractivity contribution in [3.05, 3.63) is 59.7 Å². The lowest BCUT2D eigenvalue weighted by Crippen LogP contribution is -2.03. The van der Waals surface area contributed by atoms with Crippen molar-refractivity contribution in [2.75, 3.05) is 5.75 Å². The molecule has 0 aliphatic carbocycles. The molecule has 1 heterocycles. The van der Waals surface area contributed by atoms with E-state index in [9.17, 15) is 4.79 Å². The summed E-state index contributed by atoms with van der Waals surface area (Å²) in [7, 11) is 0. The minimum absolute atomic E-state index is 0.166. The number of nitrogens with zero attached hydrogens (tertiary/aromatic N) is 2. The smallest absolute Gasteiger partial charge is 0.169 e. The number of carbonyl (C=O) groups is 1. The topological polar surface area (TPSA) is 34.9 Å². The largest absolute Gasteiger partial charge is 0.314 e. The van der Waals surface area contributed by atoms with Gasteiger partial charge in [0.15, 0.2) is 5.16 Å². The summed E-state index contributed by atoms with van der Waals surface area (Å²) in [4.78, 5) is 16.0. The van der Waals surface area contributed by atoms with Crippen LogP contribution in [0.2, 0.25) is 0 Å². The lowest BCUT2D eigenvalue weighted by Gasteiger charge is -2.09. The van der Waals surface area contributed by atoms with Crippen LogP contribution in [0.25, 0.3) is 11.0 Å². The molecule has 0 N–H and O–H groups in total. The van der Waals surface area contributed by atoms with E-state index >= 15 is 0 Å². The van der Waals surface area contributed by atoms with E-state index in [4.69, 9.17) is 0 Å². The first-order valence-electron chi connectivity index (χ1n) is 7.26. The minimum Gasteiger partial charge on any atom is -0.314 e. The van der Waals surface area contributed by atoms with Gasteiger partial charge in [0, 0.05) is 0 Å². The van der Waals surface area contributed by atoms with Crippen molar-refractivity contribution in [3.8, 4) is 0 Å². The van der Waals surface area contributed by atoms with Gasteiger partial charge in [0.05, 0.1) is 23.3 Å². The molecule has 0 radical (unpaired) electrons. The third-order valence-corrected chi connectivity index (χ3v) is 4.61. The van der Waals surface area contributed by atoms with Crippen molar-refractivity contribution in [2.45, 2.75) is 25.5 Å². The number of carbonyl (C=O) groups excluding carboxylic acids is 1. The van der Waals surface area contributed by atoms with Gasteiger partial charge in [-0.3, -0.25) is 4.79 Å². The van der Waals surface area contributed by atoms with E-state index in [1.165, 1.54) is 22.9 Å². The number of hydrogen-bond donors (Lipinski definition) is 0. The van der Waals surface area contributed by atoms with Gasteiger partial charge < -0.3 is 4.57 Å². The van der Waals surface area contributed by atoms with Gasteiger partial charge in [-0.15, -0.1) is 0 Å². The average Bonchev–Trinajstić information content (AvgIpc) is 2.85. The van der Waals surface area contributed by atoms with Crippen molar-refractivity contribution in [3.63, 3.8) is 0 Å². The standard InChI is InChI=1S/C18H18N2OS/c1-13-7-9-15(10-8-13)11-20-17-6-4-3-5-16(17)19-18(20)22-12-14(2)21/h3-10H,11-12H2,1-2H3. The van der Waals surface area contributed by atoms with Crippen LogP contribution in [0.1, 0.15) is 18.1 Å². The summed E-state index contributed by atoms with van der Waals surface area (Å²) in [5.74, 6) is 0.621. The van der Waals surface area contributed by atoms with E-state index in [1.807, 2.05) is 18.2 Å². The molecule has 0 saturated carbocycles. The lowest BCUT2D eigenvalue weighted by molar-refractivity contribution is -0.114. The van der Waals surface area contributed by atoms with Gasteiger partial charge in [-0.05, 0) is 31.5 Å². The number of thioether (sulfide) groups is 1. The first kappa shape index (κ1) is 14.9. The normalized spacial score (nSPS) is 11.0. The van der Waals surface area contributed by atoms with Crippen LogP contribution in [0.5, 0.6) is 0 Å². The number of para-hydroxylation sites is 2. The highest BCUT2D eigenvalue weighted by Gasteiger charge is 2.12. The quantitative estimate of drug-likeness (QED) is 0.666. The maximum Gasteiger partial charge on any atom is 0.169 e. The Balaban J connectivity index is 1.99. The predicted octanol–water partition coefficient (Wildman–Crippen LogP) is 4.07. The molecule has 3 aromatic rings. The number of imidazole rings is 1. The summed E-state index contributed by atoms with van der Waals surface area (Å²) in [6.07, 6.45) is 0. The Kier molecular flexibility index (Phi) is 4.29. The van der Waals surface area contributed by atoms with Gasteiger partial charge >= 0.3 is 0 Å². The first-order chi connectivity index (χ1) is 10.6. The van der Waals surface area contributed by atoms with Crippen LogP contribution in [0.4, 0.5) is 0 Å². The Bertz CT molecular complexity index is 806. The number of fused-ring (bicyclic) bond motifs is 1. The Morgan fingerprint density at radius 1 is 1.14 bits per heavy atom. The lowest BCUT2D eigenvalue weighted by atomic mass is 10.1. The number of rotatable bonds is 5. The molecule has 22 heavy (non-hydrogen) atoms. The SMILES string of the molecule is CC(=O)CSc1nc2ccccc2n1Cc1ccc(C)cc1. The van der Waals surface area contributed by atoms with Crippen molar-refractivity contribution in [2.24, 2.45) is 0 Å². The molecule has 0 atom stereocenters. The van der Waals surface area contributed by atoms with Gasteiger partial charge in [-0.2, -0.15) is 0 Å². The predicted molar refractivity (Wildman–Crippen MR) is 91.4 cm³/mol. The summed E-state index contributed by atoms with van der Waals surface area (Å²) in [5.41, 5.74) is 4.57. The number of Topliss-reactive ketones (excluding diaryl/α,β-unsaturated/α-hetero) is 1. The van der Waals surface area contributed by atoms with E-state index in [0.717, 1.165) is 22.7 Å². The van der Waals surface area contributed by atoms with Gasteiger partial charge in [-0.25, -0.2) is 4.98 Å². The van der Waals surface area contributed by atoms with Crippen LogP contribution in [0, 0.1) is 6.92 Å². The molecule has 1 aromatic heterocycles. The molecule has 0 aliphatic rings. The molecule has 0 unspecified atom stereocenters. The maximum absolute atomic E-state index is 11.3. The molecular formula is C18H18N2OS. The minimum atomic E-state index is 0.166. The van der Waals surface area contributed by atoms with Gasteiger partial charge in [0.2, 0.25) is 0 Å². The number of hydrogen-bond acceptors (Lipinski definition) is 3. The Morgan fingerprint density at radius 3 is 2.59 bits per heavy atom. The molecule has 3 rings (SSSR count). The molecular weight excluding hydrogens is 292 g/mol. The van der Waals surface area contributed by atoms with Gasteiger partial charge in [-0.1, -0.05) is 53.7 Å². The monoisotopic (exact) mass is 310 g/mol. The van der Waals surface area contributed by atoms with E-state index in [2.05, 4.69) is 46.8 Å². The number of aromatic nitrogens is 2. The number of ketones is 1. The van der Waals surface area contributed by atoms with E-state index < -0.39 is 0 Å². The fourth-order valence-corrected chi connectivity index (χ4v) is 3.17. The van der Waals surface area contributed by atoms with Crippen LogP contribution in [0.15, 0.2) is 53.7 Å². The van der Waals surface area contributed by atoms with E-state index in [0.29, 0.717) is 5.75 Å². The summed E-state index contributed by atoms with van der Waals surface area (Å²) in [5, 5.41) is 0.900. The van der Waals surface area contributed by atoms with Crippen molar-refractivity contribution in [1.82, 2.24) is 9.55 Å². The molecule has 0 bridgehead atoms. The summed E-state index contributed by atoms with van der Waals surface area (Å²) >= 11 is 1.51. The molecule has 2 aromatic carbocycles. The van der Waals surface area contributed by atoms with Crippen LogP contribution < -0.4 is 0 Å². The average molecular weight is 310 g/mol. The molecule has 3 nitrogen and oxygen atoms in total. The second-order valence-electron chi connectivity index (χ2n) is 5.45. The van der Waals surface area contributed by atoms with Crippen LogP contribution in [-0.2, 0) is 11.3 Å². The molecule has 0 saturated heterocycles. The first-order valence-corrected chi connectivity index (χ1v) is 8.25. The second-order valence-corrected chi connectivity index (χ2v) is 6.39. The summed E-state index contributed by atoms with van der Waals surface area (Å²) in [6, 6.07) is 16.6. The Labute approximate surface area is 134 Å². The number of aryl methyl sites for hydroxylation is 1. The third-order valence-electron chi connectivity index (χ3n) is 3.49.